The molecule has 5 heteroatoms. The van der Waals surface area contributed by atoms with Crippen LogP contribution in [-0.4, -0.2) is 74.9 Å². The lowest BCUT2D eigenvalue weighted by molar-refractivity contribution is -0.149. The predicted molar refractivity (Wildman–Crippen MR) is 77.4 cm³/mol. The molecule has 0 aliphatic rings. The fourth-order valence-corrected chi connectivity index (χ4v) is 1.76. The summed E-state index contributed by atoms with van der Waals surface area (Å²) in [6.45, 7) is 15.1. The first kappa shape index (κ1) is 18.4. The van der Waals surface area contributed by atoms with Crippen LogP contribution < -0.4 is 0 Å². The highest BCUT2D eigenvalue weighted by atomic mass is 16.6. The molecule has 0 N–H and O–H groups in total. The molecule has 0 aliphatic heterocycles. The van der Waals surface area contributed by atoms with Crippen molar-refractivity contribution in [3.05, 3.63) is 0 Å². The molecule has 0 unspecified atom stereocenters. The molecule has 0 saturated carbocycles. The third kappa shape index (κ3) is 9.87. The van der Waals surface area contributed by atoms with E-state index in [1.165, 1.54) is 0 Å². The van der Waals surface area contributed by atoms with Gasteiger partial charge in [-0.2, -0.15) is 0 Å². The van der Waals surface area contributed by atoms with Crippen molar-refractivity contribution in [3.63, 3.8) is 0 Å². The average Bonchev–Trinajstić information content (AvgIpc) is 2.44. The maximum Gasteiger partial charge on any atom is 0.332 e. The molecule has 0 aromatic rings. The third-order valence-electron chi connectivity index (χ3n) is 3.23. The fraction of sp³-hybridized carbons (Fsp3) is 0.929. The van der Waals surface area contributed by atoms with Crippen LogP contribution >= 0.6 is 0 Å². The third-order valence-corrected chi connectivity index (χ3v) is 3.23. The molecule has 0 spiro atoms. The Bertz CT molecular complexity index is 217. The van der Waals surface area contributed by atoms with E-state index in [1.807, 2.05) is 0 Å². The lowest BCUT2D eigenvalue weighted by Crippen LogP contribution is -2.29. The number of likely N-dealkylation sites (N-methyl/N-ethyl adjacent to an activating group) is 2. The van der Waals surface area contributed by atoms with Gasteiger partial charge in [0.1, 0.15) is 13.2 Å². The van der Waals surface area contributed by atoms with E-state index in [2.05, 4.69) is 37.5 Å². The number of esters is 1. The van der Waals surface area contributed by atoms with Crippen LogP contribution in [0.15, 0.2) is 0 Å². The molecule has 0 saturated heterocycles. The highest BCUT2D eigenvalue weighted by Crippen LogP contribution is 1.90. The van der Waals surface area contributed by atoms with E-state index in [0.717, 1.165) is 39.3 Å². The molecule has 114 valence electrons. The summed E-state index contributed by atoms with van der Waals surface area (Å²) in [6.07, 6.45) is 0. The van der Waals surface area contributed by atoms with Crippen LogP contribution in [0, 0.1) is 0 Å². The van der Waals surface area contributed by atoms with Crippen LogP contribution in [0.2, 0.25) is 0 Å². The average molecular weight is 274 g/mol. The summed E-state index contributed by atoms with van der Waals surface area (Å²) in [5.74, 6) is -0.272. The fourth-order valence-electron chi connectivity index (χ4n) is 1.76. The van der Waals surface area contributed by atoms with E-state index < -0.39 is 0 Å². The molecule has 0 heterocycles. The second kappa shape index (κ2) is 12.4. The molecular weight excluding hydrogens is 244 g/mol. The van der Waals surface area contributed by atoms with Gasteiger partial charge in [0.15, 0.2) is 0 Å². The number of rotatable bonds is 12. The second-order valence-electron chi connectivity index (χ2n) is 4.33. The van der Waals surface area contributed by atoms with Gasteiger partial charge >= 0.3 is 5.97 Å². The topological polar surface area (TPSA) is 42.0 Å². The standard InChI is InChI=1S/C14H30N2O3/c1-5-15(6-2)9-11-18-13-14(17)19-12-10-16(7-3)8-4/h5-13H2,1-4H3. The van der Waals surface area contributed by atoms with E-state index >= 15 is 0 Å². The van der Waals surface area contributed by atoms with Crippen LogP contribution in [0.5, 0.6) is 0 Å². The van der Waals surface area contributed by atoms with Gasteiger partial charge in [0.2, 0.25) is 0 Å². The van der Waals surface area contributed by atoms with Crippen LogP contribution in [0.3, 0.4) is 0 Å². The maximum absolute atomic E-state index is 11.4. The van der Waals surface area contributed by atoms with Crippen molar-refractivity contribution in [1.29, 1.82) is 0 Å². The van der Waals surface area contributed by atoms with Crippen molar-refractivity contribution >= 4 is 5.97 Å². The molecule has 5 nitrogen and oxygen atoms in total. The Kier molecular flexibility index (Phi) is 12.0. The number of hydrogen-bond donors (Lipinski definition) is 0. The monoisotopic (exact) mass is 274 g/mol. The van der Waals surface area contributed by atoms with E-state index in [9.17, 15) is 4.79 Å². The number of nitrogens with zero attached hydrogens (tertiary/aromatic N) is 2. The minimum atomic E-state index is -0.272. The smallest absolute Gasteiger partial charge is 0.332 e. The number of hydrogen-bond acceptors (Lipinski definition) is 5. The molecule has 19 heavy (non-hydrogen) atoms. The first-order valence-electron chi connectivity index (χ1n) is 7.35. The van der Waals surface area contributed by atoms with Gasteiger partial charge in [-0.3, -0.25) is 0 Å². The minimum absolute atomic E-state index is 0.0551. The van der Waals surface area contributed by atoms with Crippen molar-refractivity contribution < 1.29 is 14.3 Å². The van der Waals surface area contributed by atoms with Crippen molar-refractivity contribution in [1.82, 2.24) is 9.80 Å². The summed E-state index contributed by atoms with van der Waals surface area (Å²) in [4.78, 5) is 15.9. The molecule has 0 radical (unpaired) electrons. The Morgan fingerprint density at radius 3 is 1.79 bits per heavy atom. The van der Waals surface area contributed by atoms with Gasteiger partial charge in [-0.15, -0.1) is 0 Å². The predicted octanol–water partition coefficient (Wildman–Crippen LogP) is 1.23. The van der Waals surface area contributed by atoms with E-state index in [1.54, 1.807) is 0 Å². The number of ether oxygens (including phenoxy) is 2. The van der Waals surface area contributed by atoms with Gasteiger partial charge in [0.25, 0.3) is 0 Å². The molecule has 0 aromatic heterocycles. The molecule has 0 aromatic carbocycles. The summed E-state index contributed by atoms with van der Waals surface area (Å²) in [5.41, 5.74) is 0. The highest BCUT2D eigenvalue weighted by molar-refractivity contribution is 5.70. The van der Waals surface area contributed by atoms with Crippen molar-refractivity contribution in [2.75, 3.05) is 59.1 Å². The minimum Gasteiger partial charge on any atom is -0.463 e. The van der Waals surface area contributed by atoms with Crippen LogP contribution in [0.25, 0.3) is 0 Å². The lowest BCUT2D eigenvalue weighted by atomic mass is 10.5. The molecular formula is C14H30N2O3. The molecule has 0 rings (SSSR count). The van der Waals surface area contributed by atoms with Crippen LogP contribution in [0.1, 0.15) is 27.7 Å². The molecule has 0 aliphatic carbocycles. The normalized spacial score (nSPS) is 11.3. The van der Waals surface area contributed by atoms with Gasteiger partial charge in [-0.05, 0) is 26.2 Å². The van der Waals surface area contributed by atoms with Crippen LogP contribution in [-0.2, 0) is 14.3 Å². The Morgan fingerprint density at radius 2 is 1.32 bits per heavy atom. The zero-order chi connectivity index (χ0) is 14.5. The first-order valence-corrected chi connectivity index (χ1v) is 7.35. The van der Waals surface area contributed by atoms with Gasteiger partial charge < -0.3 is 19.3 Å². The number of carbonyl (C=O) groups excluding carboxylic acids is 1. The van der Waals surface area contributed by atoms with Crippen molar-refractivity contribution in [2.45, 2.75) is 27.7 Å². The Hall–Kier alpha value is -0.650. The van der Waals surface area contributed by atoms with Crippen molar-refractivity contribution in [3.8, 4) is 0 Å². The Labute approximate surface area is 117 Å². The van der Waals surface area contributed by atoms with Gasteiger partial charge in [-0.1, -0.05) is 27.7 Å². The Morgan fingerprint density at radius 1 is 0.842 bits per heavy atom. The Balaban J connectivity index is 3.49. The maximum atomic E-state index is 11.4. The zero-order valence-electron chi connectivity index (χ0n) is 13.0. The van der Waals surface area contributed by atoms with E-state index in [4.69, 9.17) is 9.47 Å². The SMILES string of the molecule is CCN(CC)CCOCC(=O)OCCN(CC)CC. The summed E-state index contributed by atoms with van der Waals surface area (Å²) >= 11 is 0. The van der Waals surface area contributed by atoms with Crippen LogP contribution in [0.4, 0.5) is 0 Å². The summed E-state index contributed by atoms with van der Waals surface area (Å²) in [5, 5.41) is 0. The quantitative estimate of drug-likeness (QED) is 0.395. The molecule has 0 bridgehead atoms. The number of carbonyl (C=O) groups is 1. The van der Waals surface area contributed by atoms with Crippen molar-refractivity contribution in [2.24, 2.45) is 0 Å². The summed E-state index contributed by atoms with van der Waals surface area (Å²) in [6, 6.07) is 0. The lowest BCUT2D eigenvalue weighted by Gasteiger charge is -2.18. The van der Waals surface area contributed by atoms with Gasteiger partial charge in [0, 0.05) is 13.1 Å². The second-order valence-corrected chi connectivity index (χ2v) is 4.33. The first-order chi connectivity index (χ1) is 9.17. The zero-order valence-corrected chi connectivity index (χ0v) is 13.0. The molecule has 0 fully saturated rings. The molecule has 0 amide bonds. The largest absolute Gasteiger partial charge is 0.463 e. The van der Waals surface area contributed by atoms with Gasteiger partial charge in [0.05, 0.1) is 6.61 Å². The van der Waals surface area contributed by atoms with Gasteiger partial charge in [-0.25, -0.2) is 4.79 Å². The van der Waals surface area contributed by atoms with E-state index in [0.29, 0.717) is 13.2 Å². The highest BCUT2D eigenvalue weighted by Gasteiger charge is 2.05. The summed E-state index contributed by atoms with van der Waals surface area (Å²) < 4.78 is 10.4. The molecule has 0 atom stereocenters. The van der Waals surface area contributed by atoms with E-state index in [-0.39, 0.29) is 12.6 Å². The summed E-state index contributed by atoms with van der Waals surface area (Å²) in [7, 11) is 0.